The molecule has 1 amide bonds. The van der Waals surface area contributed by atoms with Gasteiger partial charge in [0.15, 0.2) is 5.96 Å². The van der Waals surface area contributed by atoms with Gasteiger partial charge in [-0.25, -0.2) is 4.98 Å². The number of aryl methyl sites for hydroxylation is 1. The number of thiazole rings is 1. The van der Waals surface area contributed by atoms with Crippen molar-refractivity contribution in [3.05, 3.63) is 76.3 Å². The van der Waals surface area contributed by atoms with Crippen molar-refractivity contribution in [1.29, 1.82) is 0 Å². The molecule has 2 N–H and O–H groups in total. The lowest BCUT2D eigenvalue weighted by atomic mass is 10.1. The van der Waals surface area contributed by atoms with Crippen LogP contribution >= 0.6 is 35.3 Å². The predicted molar refractivity (Wildman–Crippen MR) is 144 cm³/mol. The van der Waals surface area contributed by atoms with Crippen molar-refractivity contribution in [3.63, 3.8) is 0 Å². The molecule has 1 aromatic heterocycles. The highest BCUT2D eigenvalue weighted by atomic mass is 127. The molecule has 0 aliphatic carbocycles. The maximum atomic E-state index is 12.1. The molecule has 3 rings (SSSR count). The lowest BCUT2D eigenvalue weighted by Gasteiger charge is -2.13. The number of hydrogen-bond donors (Lipinski definition) is 2. The fraction of sp³-hybridized carbons (Fsp3) is 0.292. The summed E-state index contributed by atoms with van der Waals surface area (Å²) in [5, 5.41) is 7.75. The van der Waals surface area contributed by atoms with Crippen LogP contribution in [0.1, 0.15) is 26.5 Å². The van der Waals surface area contributed by atoms with Crippen LogP contribution in [-0.4, -0.2) is 49.4 Å². The van der Waals surface area contributed by atoms with E-state index in [-0.39, 0.29) is 29.9 Å². The maximum absolute atomic E-state index is 12.1. The van der Waals surface area contributed by atoms with Gasteiger partial charge in [0, 0.05) is 43.7 Å². The Morgan fingerprint density at radius 3 is 2.53 bits per heavy atom. The normalized spacial score (nSPS) is 10.9. The Balaban J connectivity index is 0.00000363. The molecule has 6 nitrogen and oxygen atoms in total. The Bertz CT molecular complexity index is 1050. The number of aliphatic imine (C=N–C) groups is 1. The van der Waals surface area contributed by atoms with E-state index in [2.05, 4.69) is 27.8 Å². The summed E-state index contributed by atoms with van der Waals surface area (Å²) < 4.78 is 0. The van der Waals surface area contributed by atoms with Gasteiger partial charge in [0.25, 0.3) is 5.91 Å². The first-order chi connectivity index (χ1) is 15.0. The Hall–Kier alpha value is -2.46. The molecule has 0 saturated heterocycles. The van der Waals surface area contributed by atoms with Crippen LogP contribution in [0, 0.1) is 6.92 Å². The van der Waals surface area contributed by atoms with Gasteiger partial charge in [-0.15, -0.1) is 35.3 Å². The summed E-state index contributed by atoms with van der Waals surface area (Å²) in [4.78, 5) is 23.9. The van der Waals surface area contributed by atoms with Crippen LogP contribution in [0.2, 0.25) is 0 Å². The molecule has 1 heterocycles. The fourth-order valence-corrected chi connectivity index (χ4v) is 4.13. The Morgan fingerprint density at radius 2 is 1.84 bits per heavy atom. The standard InChI is InChI=1S/C24H29N5OS.HI/c1-17-21(31-22(28-17)19-10-6-5-7-11-19)16-27-24(25-2)26-14-13-18-9-8-12-20(15-18)23(30)29(3)4;/h5-12,15H,13-14,16H2,1-4H3,(H2,25,26,27);1H. The van der Waals surface area contributed by atoms with Crippen LogP contribution in [0.15, 0.2) is 59.6 Å². The Labute approximate surface area is 211 Å². The van der Waals surface area contributed by atoms with Gasteiger partial charge in [-0.05, 0) is 31.0 Å². The molecule has 0 atom stereocenters. The lowest BCUT2D eigenvalue weighted by molar-refractivity contribution is 0.0827. The molecule has 0 bridgehead atoms. The monoisotopic (exact) mass is 563 g/mol. The summed E-state index contributed by atoms with van der Waals surface area (Å²) >= 11 is 1.70. The second kappa shape index (κ2) is 12.5. The fourth-order valence-electron chi connectivity index (χ4n) is 3.12. The van der Waals surface area contributed by atoms with Crippen molar-refractivity contribution in [3.8, 4) is 10.6 Å². The van der Waals surface area contributed by atoms with Crippen LogP contribution in [0.4, 0.5) is 0 Å². The molecule has 0 unspecified atom stereocenters. The van der Waals surface area contributed by atoms with Crippen LogP contribution in [0.25, 0.3) is 10.6 Å². The minimum Gasteiger partial charge on any atom is -0.356 e. The van der Waals surface area contributed by atoms with E-state index in [1.54, 1.807) is 37.4 Å². The number of nitrogens with one attached hydrogen (secondary N) is 2. The highest BCUT2D eigenvalue weighted by Crippen LogP contribution is 2.27. The average molecular weight is 564 g/mol. The number of amides is 1. The molecule has 0 saturated carbocycles. The molecule has 2 aromatic carbocycles. The van der Waals surface area contributed by atoms with E-state index in [4.69, 9.17) is 4.98 Å². The summed E-state index contributed by atoms with van der Waals surface area (Å²) in [7, 11) is 5.29. The van der Waals surface area contributed by atoms with Crippen molar-refractivity contribution in [2.24, 2.45) is 4.99 Å². The number of carbonyl (C=O) groups excluding carboxylic acids is 1. The largest absolute Gasteiger partial charge is 0.356 e. The first-order valence-electron chi connectivity index (χ1n) is 10.2. The van der Waals surface area contributed by atoms with E-state index in [0.29, 0.717) is 12.1 Å². The highest BCUT2D eigenvalue weighted by molar-refractivity contribution is 14.0. The van der Waals surface area contributed by atoms with E-state index < -0.39 is 0 Å². The Kier molecular flexibility index (Phi) is 10.1. The number of benzene rings is 2. The van der Waals surface area contributed by atoms with Gasteiger partial charge < -0.3 is 15.5 Å². The lowest BCUT2D eigenvalue weighted by Crippen LogP contribution is -2.37. The third-order valence-electron chi connectivity index (χ3n) is 4.84. The first-order valence-corrected chi connectivity index (χ1v) is 11.1. The van der Waals surface area contributed by atoms with Crippen molar-refractivity contribution in [1.82, 2.24) is 20.5 Å². The van der Waals surface area contributed by atoms with E-state index in [9.17, 15) is 4.79 Å². The molecule has 0 radical (unpaired) electrons. The zero-order valence-electron chi connectivity index (χ0n) is 18.9. The minimum absolute atomic E-state index is 0. The van der Waals surface area contributed by atoms with Crippen LogP contribution < -0.4 is 10.6 Å². The quantitative estimate of drug-likeness (QED) is 0.255. The molecule has 170 valence electrons. The average Bonchev–Trinajstić information content (AvgIpc) is 3.16. The van der Waals surface area contributed by atoms with E-state index >= 15 is 0 Å². The molecule has 0 aliphatic heterocycles. The van der Waals surface area contributed by atoms with E-state index in [1.807, 2.05) is 49.4 Å². The van der Waals surface area contributed by atoms with Gasteiger partial charge >= 0.3 is 0 Å². The molecule has 8 heteroatoms. The van der Waals surface area contributed by atoms with Crippen molar-refractivity contribution in [2.45, 2.75) is 19.9 Å². The van der Waals surface area contributed by atoms with Gasteiger partial charge in [0.2, 0.25) is 0 Å². The molecule has 0 fully saturated rings. The van der Waals surface area contributed by atoms with Crippen LogP contribution in [-0.2, 0) is 13.0 Å². The van der Waals surface area contributed by atoms with Crippen LogP contribution in [0.3, 0.4) is 0 Å². The minimum atomic E-state index is 0. The molecular formula is C24H30IN5OS. The van der Waals surface area contributed by atoms with Gasteiger partial charge in [0.1, 0.15) is 5.01 Å². The first kappa shape index (κ1) is 25.8. The number of nitrogens with zero attached hydrogens (tertiary/aromatic N) is 3. The number of hydrogen-bond acceptors (Lipinski definition) is 4. The third-order valence-corrected chi connectivity index (χ3v) is 6.05. The number of guanidine groups is 1. The highest BCUT2D eigenvalue weighted by Gasteiger charge is 2.10. The zero-order valence-corrected chi connectivity index (χ0v) is 22.0. The van der Waals surface area contributed by atoms with E-state index in [1.165, 1.54) is 4.88 Å². The van der Waals surface area contributed by atoms with Gasteiger partial charge in [-0.3, -0.25) is 9.79 Å². The predicted octanol–water partition coefficient (Wildman–Crippen LogP) is 4.35. The van der Waals surface area contributed by atoms with Gasteiger partial charge in [-0.1, -0.05) is 42.5 Å². The van der Waals surface area contributed by atoms with Crippen LogP contribution in [0.5, 0.6) is 0 Å². The maximum Gasteiger partial charge on any atom is 0.253 e. The van der Waals surface area contributed by atoms with Crippen molar-refractivity contribution >= 4 is 47.2 Å². The summed E-state index contributed by atoms with van der Waals surface area (Å²) in [6.07, 6.45) is 0.799. The second-order valence-electron chi connectivity index (χ2n) is 7.40. The molecular weight excluding hydrogens is 533 g/mol. The smallest absolute Gasteiger partial charge is 0.253 e. The molecule has 0 spiro atoms. The molecule has 32 heavy (non-hydrogen) atoms. The van der Waals surface area contributed by atoms with Gasteiger partial charge in [-0.2, -0.15) is 0 Å². The topological polar surface area (TPSA) is 69.6 Å². The molecule has 3 aromatic rings. The van der Waals surface area contributed by atoms with E-state index in [0.717, 1.165) is 40.8 Å². The van der Waals surface area contributed by atoms with Crippen molar-refractivity contribution in [2.75, 3.05) is 27.7 Å². The summed E-state index contributed by atoms with van der Waals surface area (Å²) in [5.41, 5.74) is 4.00. The third kappa shape index (κ3) is 7.03. The summed E-state index contributed by atoms with van der Waals surface area (Å²) in [5.74, 6) is 0.761. The molecule has 0 aliphatic rings. The van der Waals surface area contributed by atoms with Gasteiger partial charge in [0.05, 0.1) is 12.2 Å². The number of carbonyl (C=O) groups is 1. The number of rotatable bonds is 7. The zero-order chi connectivity index (χ0) is 22.2. The van der Waals surface area contributed by atoms with Crippen molar-refractivity contribution < 1.29 is 4.79 Å². The SMILES string of the molecule is CN=C(NCCc1cccc(C(=O)N(C)C)c1)NCc1sc(-c2ccccc2)nc1C.I. The summed E-state index contributed by atoms with van der Waals surface area (Å²) in [6, 6.07) is 18.0. The second-order valence-corrected chi connectivity index (χ2v) is 8.48. The number of halogens is 1. The summed E-state index contributed by atoms with van der Waals surface area (Å²) in [6.45, 7) is 3.43. The Morgan fingerprint density at radius 1 is 1.09 bits per heavy atom. The number of aromatic nitrogens is 1.